The van der Waals surface area contributed by atoms with E-state index in [4.69, 9.17) is 4.52 Å². The molecule has 23 heavy (non-hydrogen) atoms. The zero-order chi connectivity index (χ0) is 16.2. The molecule has 0 aromatic carbocycles. The number of likely N-dealkylation sites (tertiary alicyclic amines) is 2. The van der Waals surface area contributed by atoms with E-state index in [1.807, 2.05) is 4.90 Å². The normalized spacial score (nSPS) is 24.1. The summed E-state index contributed by atoms with van der Waals surface area (Å²) >= 11 is 0. The molecule has 0 spiro atoms. The third kappa shape index (κ3) is 3.93. The number of carbonyl (C=O) groups is 1. The standard InChI is InChI=1S/C17H27N3O3/c1-2-13-5-3-4-8-20(13)17(22)16-11-15(23-18-16)12-19-9-6-14(21)7-10-19/h11,13-14,21H,2-10,12H2,1H3/t13-/m1/s1. The van der Waals surface area contributed by atoms with Crippen LogP contribution in [-0.2, 0) is 6.54 Å². The highest BCUT2D eigenvalue weighted by atomic mass is 16.5. The van der Waals surface area contributed by atoms with Crippen molar-refractivity contribution in [2.24, 2.45) is 0 Å². The molecule has 0 unspecified atom stereocenters. The van der Waals surface area contributed by atoms with Gasteiger partial charge in [-0.3, -0.25) is 9.69 Å². The van der Waals surface area contributed by atoms with Crippen molar-refractivity contribution in [1.29, 1.82) is 0 Å². The molecular formula is C17H27N3O3. The van der Waals surface area contributed by atoms with Gasteiger partial charge >= 0.3 is 0 Å². The van der Waals surface area contributed by atoms with Gasteiger partial charge in [-0.1, -0.05) is 12.1 Å². The van der Waals surface area contributed by atoms with Crippen LogP contribution in [0.4, 0.5) is 0 Å². The van der Waals surface area contributed by atoms with Crippen LogP contribution in [0.1, 0.15) is 61.7 Å². The Morgan fingerprint density at radius 2 is 2.09 bits per heavy atom. The van der Waals surface area contributed by atoms with Gasteiger partial charge in [-0.25, -0.2) is 0 Å². The molecule has 3 heterocycles. The Kier molecular flexibility index (Phi) is 5.33. The molecule has 2 aliphatic rings. The monoisotopic (exact) mass is 321 g/mol. The summed E-state index contributed by atoms with van der Waals surface area (Å²) in [5, 5.41) is 13.5. The number of aromatic nitrogens is 1. The summed E-state index contributed by atoms with van der Waals surface area (Å²) in [5.74, 6) is 0.732. The van der Waals surface area contributed by atoms with E-state index in [-0.39, 0.29) is 12.0 Å². The lowest BCUT2D eigenvalue weighted by molar-refractivity contribution is 0.0596. The molecule has 1 amide bonds. The van der Waals surface area contributed by atoms with E-state index in [1.54, 1.807) is 6.07 Å². The molecule has 1 N–H and O–H groups in total. The average molecular weight is 321 g/mol. The number of rotatable bonds is 4. The second kappa shape index (κ2) is 7.45. The highest BCUT2D eigenvalue weighted by Gasteiger charge is 2.28. The highest BCUT2D eigenvalue weighted by molar-refractivity contribution is 5.92. The third-order valence-corrected chi connectivity index (χ3v) is 5.07. The second-order valence-corrected chi connectivity index (χ2v) is 6.74. The topological polar surface area (TPSA) is 69.8 Å². The summed E-state index contributed by atoms with van der Waals surface area (Å²) in [5.41, 5.74) is 0.428. The van der Waals surface area contributed by atoms with Crippen LogP contribution in [0.5, 0.6) is 0 Å². The lowest BCUT2D eigenvalue weighted by Gasteiger charge is -2.34. The van der Waals surface area contributed by atoms with Gasteiger partial charge in [-0.05, 0) is 38.5 Å². The number of aliphatic hydroxyl groups excluding tert-OH is 1. The second-order valence-electron chi connectivity index (χ2n) is 6.74. The predicted molar refractivity (Wildman–Crippen MR) is 86.0 cm³/mol. The van der Waals surface area contributed by atoms with Crippen molar-refractivity contribution >= 4 is 5.91 Å². The van der Waals surface area contributed by atoms with Crippen molar-refractivity contribution in [2.45, 2.75) is 64.1 Å². The fraction of sp³-hybridized carbons (Fsp3) is 0.765. The van der Waals surface area contributed by atoms with Gasteiger partial charge in [0.25, 0.3) is 5.91 Å². The van der Waals surface area contributed by atoms with Crippen molar-refractivity contribution in [3.63, 3.8) is 0 Å². The molecule has 3 rings (SSSR count). The zero-order valence-corrected chi connectivity index (χ0v) is 13.9. The molecule has 128 valence electrons. The molecule has 1 atom stereocenters. The van der Waals surface area contributed by atoms with Gasteiger partial charge in [0.05, 0.1) is 12.6 Å². The molecule has 0 aliphatic carbocycles. The van der Waals surface area contributed by atoms with Crippen molar-refractivity contribution in [3.8, 4) is 0 Å². The van der Waals surface area contributed by atoms with Gasteiger partial charge in [-0.15, -0.1) is 0 Å². The molecule has 0 radical (unpaired) electrons. The molecule has 0 saturated carbocycles. The minimum atomic E-state index is -0.178. The lowest BCUT2D eigenvalue weighted by atomic mass is 9.99. The molecule has 0 bridgehead atoms. The van der Waals surface area contributed by atoms with Crippen LogP contribution in [0.25, 0.3) is 0 Å². The molecule has 2 aliphatic heterocycles. The van der Waals surface area contributed by atoms with Crippen LogP contribution in [0.15, 0.2) is 10.6 Å². The maximum absolute atomic E-state index is 12.7. The molecule has 6 nitrogen and oxygen atoms in total. The Hall–Kier alpha value is -1.40. The van der Waals surface area contributed by atoms with Gasteiger partial charge < -0.3 is 14.5 Å². The van der Waals surface area contributed by atoms with E-state index in [0.29, 0.717) is 18.3 Å². The van der Waals surface area contributed by atoms with Crippen molar-refractivity contribution in [3.05, 3.63) is 17.5 Å². The number of hydrogen-bond acceptors (Lipinski definition) is 5. The summed E-state index contributed by atoms with van der Waals surface area (Å²) in [6, 6.07) is 2.12. The third-order valence-electron chi connectivity index (χ3n) is 5.07. The largest absolute Gasteiger partial charge is 0.393 e. The maximum Gasteiger partial charge on any atom is 0.276 e. The fourth-order valence-electron chi connectivity index (χ4n) is 3.63. The van der Waals surface area contributed by atoms with Gasteiger partial charge in [0, 0.05) is 31.7 Å². The van der Waals surface area contributed by atoms with Crippen LogP contribution >= 0.6 is 0 Å². The van der Waals surface area contributed by atoms with Crippen LogP contribution in [-0.4, -0.2) is 57.8 Å². The van der Waals surface area contributed by atoms with E-state index >= 15 is 0 Å². The first-order valence-electron chi connectivity index (χ1n) is 8.84. The van der Waals surface area contributed by atoms with Crippen LogP contribution in [0.3, 0.4) is 0 Å². The molecule has 2 saturated heterocycles. The number of amides is 1. The minimum Gasteiger partial charge on any atom is -0.393 e. The first kappa shape index (κ1) is 16.5. The summed E-state index contributed by atoms with van der Waals surface area (Å²) in [6.07, 6.45) is 5.77. The number of piperidine rings is 2. The molecular weight excluding hydrogens is 294 g/mol. The maximum atomic E-state index is 12.7. The Morgan fingerprint density at radius 1 is 1.30 bits per heavy atom. The summed E-state index contributed by atoms with van der Waals surface area (Å²) in [4.78, 5) is 16.9. The zero-order valence-electron chi connectivity index (χ0n) is 13.9. The van der Waals surface area contributed by atoms with E-state index in [2.05, 4.69) is 17.0 Å². The van der Waals surface area contributed by atoms with Crippen LogP contribution in [0, 0.1) is 0 Å². The van der Waals surface area contributed by atoms with E-state index in [0.717, 1.165) is 57.5 Å². The molecule has 2 fully saturated rings. The number of nitrogens with zero attached hydrogens (tertiary/aromatic N) is 3. The molecule has 1 aromatic heterocycles. The quantitative estimate of drug-likeness (QED) is 0.919. The lowest BCUT2D eigenvalue weighted by Crippen LogP contribution is -2.43. The van der Waals surface area contributed by atoms with Crippen molar-refractivity contribution < 1.29 is 14.4 Å². The van der Waals surface area contributed by atoms with Crippen molar-refractivity contribution in [1.82, 2.24) is 15.0 Å². The minimum absolute atomic E-state index is 0.000571. The summed E-state index contributed by atoms with van der Waals surface area (Å²) in [6.45, 7) is 5.33. The van der Waals surface area contributed by atoms with Crippen LogP contribution in [0.2, 0.25) is 0 Å². The van der Waals surface area contributed by atoms with Gasteiger partial charge in [0.15, 0.2) is 11.5 Å². The predicted octanol–water partition coefficient (Wildman–Crippen LogP) is 2.04. The molecule has 1 aromatic rings. The Bertz CT molecular complexity index is 523. The van der Waals surface area contributed by atoms with Gasteiger partial charge in [0.1, 0.15) is 0 Å². The number of carbonyl (C=O) groups excluding carboxylic acids is 1. The van der Waals surface area contributed by atoms with Crippen molar-refractivity contribution in [2.75, 3.05) is 19.6 Å². The van der Waals surface area contributed by atoms with E-state index in [9.17, 15) is 9.90 Å². The first-order valence-corrected chi connectivity index (χ1v) is 8.84. The fourth-order valence-corrected chi connectivity index (χ4v) is 3.63. The molecule has 6 heteroatoms. The van der Waals surface area contributed by atoms with E-state index < -0.39 is 0 Å². The summed E-state index contributed by atoms with van der Waals surface area (Å²) < 4.78 is 5.37. The Labute approximate surface area is 137 Å². The highest BCUT2D eigenvalue weighted by Crippen LogP contribution is 2.22. The van der Waals surface area contributed by atoms with E-state index in [1.165, 1.54) is 6.42 Å². The Balaban J connectivity index is 1.60. The first-order chi connectivity index (χ1) is 11.2. The Morgan fingerprint density at radius 3 is 2.83 bits per heavy atom. The SMILES string of the molecule is CC[C@@H]1CCCCN1C(=O)c1cc(CN2CCC(O)CC2)on1. The van der Waals surface area contributed by atoms with Gasteiger partial charge in [-0.2, -0.15) is 0 Å². The number of aliphatic hydroxyl groups is 1. The van der Waals surface area contributed by atoms with Crippen LogP contribution < -0.4 is 0 Å². The summed E-state index contributed by atoms with van der Waals surface area (Å²) in [7, 11) is 0. The average Bonchev–Trinajstić information content (AvgIpc) is 3.05. The smallest absolute Gasteiger partial charge is 0.276 e. The number of hydrogen-bond donors (Lipinski definition) is 1. The van der Waals surface area contributed by atoms with Gasteiger partial charge in [0.2, 0.25) is 0 Å².